The molecule has 13 heavy (non-hydrogen) atoms. The molecule has 2 rings (SSSR count). The van der Waals surface area contributed by atoms with Crippen molar-refractivity contribution in [1.82, 2.24) is 5.32 Å². The summed E-state index contributed by atoms with van der Waals surface area (Å²) in [5.74, 6) is 1.87. The van der Waals surface area contributed by atoms with Gasteiger partial charge in [0.15, 0.2) is 0 Å². The van der Waals surface area contributed by atoms with Gasteiger partial charge in [0.1, 0.15) is 0 Å². The molecule has 2 saturated carbocycles. The van der Waals surface area contributed by atoms with Crippen LogP contribution < -0.4 is 5.32 Å². The van der Waals surface area contributed by atoms with Gasteiger partial charge in [-0.15, -0.1) is 0 Å². The molecular weight excluding hydrogens is 162 g/mol. The van der Waals surface area contributed by atoms with Crippen LogP contribution in [0.15, 0.2) is 0 Å². The van der Waals surface area contributed by atoms with Crippen molar-refractivity contribution in [2.24, 2.45) is 11.8 Å². The highest BCUT2D eigenvalue weighted by Crippen LogP contribution is 2.38. The molecule has 0 aromatic heterocycles. The van der Waals surface area contributed by atoms with Crippen LogP contribution in [0, 0.1) is 11.8 Å². The molecule has 1 N–H and O–H groups in total. The molecule has 2 nitrogen and oxygen atoms in total. The first-order chi connectivity index (χ1) is 6.35. The van der Waals surface area contributed by atoms with Gasteiger partial charge < -0.3 is 10.1 Å². The largest absolute Gasteiger partial charge is 0.383 e. The van der Waals surface area contributed by atoms with Crippen molar-refractivity contribution in [2.75, 3.05) is 13.7 Å². The first-order valence-electron chi connectivity index (χ1n) is 5.60. The maximum Gasteiger partial charge on any atom is 0.0618 e. The van der Waals surface area contributed by atoms with Crippen molar-refractivity contribution in [3.05, 3.63) is 0 Å². The van der Waals surface area contributed by atoms with Crippen LogP contribution in [0.3, 0.4) is 0 Å². The summed E-state index contributed by atoms with van der Waals surface area (Å²) in [6.45, 7) is 3.19. The molecular formula is C11H21NO. The van der Waals surface area contributed by atoms with Gasteiger partial charge in [0.25, 0.3) is 0 Å². The van der Waals surface area contributed by atoms with Crippen molar-refractivity contribution in [3.63, 3.8) is 0 Å². The highest BCUT2D eigenvalue weighted by atomic mass is 16.5. The minimum Gasteiger partial charge on any atom is -0.383 e. The Bertz CT molecular complexity index is 167. The molecule has 2 fully saturated rings. The summed E-state index contributed by atoms with van der Waals surface area (Å²) in [4.78, 5) is 0. The van der Waals surface area contributed by atoms with E-state index in [1.165, 1.54) is 25.7 Å². The third-order valence-electron chi connectivity index (χ3n) is 3.41. The summed E-state index contributed by atoms with van der Waals surface area (Å²) in [5, 5.41) is 3.73. The average molecular weight is 183 g/mol. The van der Waals surface area contributed by atoms with E-state index in [4.69, 9.17) is 4.74 Å². The molecule has 2 aliphatic carbocycles. The lowest BCUT2D eigenvalue weighted by Gasteiger charge is -2.17. The fourth-order valence-electron chi connectivity index (χ4n) is 2.18. The zero-order chi connectivity index (χ0) is 9.26. The monoisotopic (exact) mass is 183 g/mol. The maximum atomic E-state index is 5.24. The SMILES string of the molecule is CCC1CC1NC(COC)C1CC1. The smallest absolute Gasteiger partial charge is 0.0618 e. The predicted molar refractivity (Wildman–Crippen MR) is 53.7 cm³/mol. The van der Waals surface area contributed by atoms with Gasteiger partial charge in [-0.3, -0.25) is 0 Å². The summed E-state index contributed by atoms with van der Waals surface area (Å²) < 4.78 is 5.24. The quantitative estimate of drug-likeness (QED) is 0.678. The molecule has 0 spiro atoms. The molecule has 0 aliphatic heterocycles. The number of nitrogens with one attached hydrogen (secondary N) is 1. The van der Waals surface area contributed by atoms with Crippen molar-refractivity contribution in [1.29, 1.82) is 0 Å². The van der Waals surface area contributed by atoms with E-state index >= 15 is 0 Å². The van der Waals surface area contributed by atoms with Crippen LogP contribution in [0.1, 0.15) is 32.6 Å². The second-order valence-electron chi connectivity index (χ2n) is 4.58. The summed E-state index contributed by atoms with van der Waals surface area (Å²) in [6, 6.07) is 1.46. The summed E-state index contributed by atoms with van der Waals surface area (Å²) in [6.07, 6.45) is 5.54. The van der Waals surface area contributed by atoms with Gasteiger partial charge in [0.05, 0.1) is 6.61 Å². The minimum atomic E-state index is 0.645. The molecule has 2 heteroatoms. The molecule has 3 unspecified atom stereocenters. The number of ether oxygens (including phenoxy) is 1. The molecule has 0 aromatic rings. The van der Waals surface area contributed by atoms with E-state index in [9.17, 15) is 0 Å². The van der Waals surface area contributed by atoms with E-state index in [1.54, 1.807) is 7.11 Å². The molecule has 0 radical (unpaired) electrons. The lowest BCUT2D eigenvalue weighted by atomic mass is 10.2. The van der Waals surface area contributed by atoms with Crippen LogP contribution in [-0.2, 0) is 4.74 Å². The van der Waals surface area contributed by atoms with Crippen molar-refractivity contribution in [3.8, 4) is 0 Å². The Kier molecular flexibility index (Phi) is 2.89. The van der Waals surface area contributed by atoms with E-state index in [0.29, 0.717) is 6.04 Å². The Balaban J connectivity index is 1.70. The number of rotatable bonds is 6. The van der Waals surface area contributed by atoms with Gasteiger partial charge in [0, 0.05) is 19.2 Å². The number of hydrogen-bond acceptors (Lipinski definition) is 2. The van der Waals surface area contributed by atoms with Gasteiger partial charge in [-0.1, -0.05) is 13.3 Å². The highest BCUT2D eigenvalue weighted by molar-refractivity contribution is 4.97. The summed E-state index contributed by atoms with van der Waals surface area (Å²) in [5.41, 5.74) is 0. The topological polar surface area (TPSA) is 21.3 Å². The fourth-order valence-corrected chi connectivity index (χ4v) is 2.18. The van der Waals surface area contributed by atoms with Crippen molar-refractivity contribution >= 4 is 0 Å². The molecule has 0 amide bonds. The van der Waals surface area contributed by atoms with Crippen LogP contribution >= 0.6 is 0 Å². The Morgan fingerprint density at radius 1 is 1.46 bits per heavy atom. The van der Waals surface area contributed by atoms with E-state index < -0.39 is 0 Å². The van der Waals surface area contributed by atoms with Gasteiger partial charge in [-0.05, 0) is 31.1 Å². The van der Waals surface area contributed by atoms with E-state index in [0.717, 1.165) is 24.5 Å². The summed E-state index contributed by atoms with van der Waals surface area (Å²) >= 11 is 0. The molecule has 0 heterocycles. The summed E-state index contributed by atoms with van der Waals surface area (Å²) in [7, 11) is 1.81. The number of hydrogen-bond donors (Lipinski definition) is 1. The van der Waals surface area contributed by atoms with Crippen LogP contribution in [0.5, 0.6) is 0 Å². The van der Waals surface area contributed by atoms with E-state index in [2.05, 4.69) is 12.2 Å². The highest BCUT2D eigenvalue weighted by Gasteiger charge is 2.40. The normalized spacial score (nSPS) is 34.6. The third-order valence-corrected chi connectivity index (χ3v) is 3.41. The lowest BCUT2D eigenvalue weighted by molar-refractivity contribution is 0.156. The predicted octanol–water partition coefficient (Wildman–Crippen LogP) is 1.80. The maximum absolute atomic E-state index is 5.24. The van der Waals surface area contributed by atoms with Crippen molar-refractivity contribution < 1.29 is 4.74 Å². The molecule has 76 valence electrons. The third kappa shape index (κ3) is 2.44. The zero-order valence-electron chi connectivity index (χ0n) is 8.75. The van der Waals surface area contributed by atoms with E-state index in [-0.39, 0.29) is 0 Å². The van der Waals surface area contributed by atoms with Crippen LogP contribution in [0.2, 0.25) is 0 Å². The van der Waals surface area contributed by atoms with Gasteiger partial charge in [0.2, 0.25) is 0 Å². The van der Waals surface area contributed by atoms with Crippen LogP contribution in [0.25, 0.3) is 0 Å². The molecule has 0 bridgehead atoms. The molecule has 2 aliphatic rings. The second kappa shape index (κ2) is 3.97. The molecule has 0 aromatic carbocycles. The second-order valence-corrected chi connectivity index (χ2v) is 4.58. The molecule has 0 saturated heterocycles. The van der Waals surface area contributed by atoms with Gasteiger partial charge in [-0.25, -0.2) is 0 Å². The standard InChI is InChI=1S/C11H21NO/c1-3-8-6-10(8)12-11(7-13-2)9-4-5-9/h8-12H,3-7H2,1-2H3. The Morgan fingerprint density at radius 2 is 2.23 bits per heavy atom. The Morgan fingerprint density at radius 3 is 2.69 bits per heavy atom. The van der Waals surface area contributed by atoms with Crippen molar-refractivity contribution in [2.45, 2.75) is 44.7 Å². The average Bonchev–Trinajstić information content (AvgIpc) is 3.00. The fraction of sp³-hybridized carbons (Fsp3) is 1.00. The Labute approximate surface area is 81.0 Å². The van der Waals surface area contributed by atoms with Crippen LogP contribution in [-0.4, -0.2) is 25.8 Å². The first-order valence-corrected chi connectivity index (χ1v) is 5.60. The lowest BCUT2D eigenvalue weighted by Crippen LogP contribution is -2.37. The van der Waals surface area contributed by atoms with Gasteiger partial charge >= 0.3 is 0 Å². The number of methoxy groups -OCH3 is 1. The first kappa shape index (κ1) is 9.47. The van der Waals surface area contributed by atoms with E-state index in [1.807, 2.05) is 0 Å². The zero-order valence-corrected chi connectivity index (χ0v) is 8.75. The Hall–Kier alpha value is -0.0800. The van der Waals surface area contributed by atoms with Crippen LogP contribution in [0.4, 0.5) is 0 Å². The molecule has 3 atom stereocenters. The van der Waals surface area contributed by atoms with Gasteiger partial charge in [-0.2, -0.15) is 0 Å². The minimum absolute atomic E-state index is 0.645.